The van der Waals surface area contributed by atoms with E-state index in [1.165, 1.54) is 18.5 Å². The molecule has 0 aromatic carbocycles. The molecule has 1 heterocycles. The first-order valence-corrected chi connectivity index (χ1v) is 8.00. The fourth-order valence-corrected chi connectivity index (χ4v) is 5.33. The highest BCUT2D eigenvalue weighted by Gasteiger charge is 2.66. The standard InChI is InChI=1S/C16H25N3/c1-3-17-13(9-12-6-7-19(2)18-12)16-14-10-4-5-11(8-10)15(14)16/h6-7,10-11,13-17H,3-5,8-9H2,1-2H3. The lowest BCUT2D eigenvalue weighted by Gasteiger charge is -2.20. The maximum atomic E-state index is 4.57. The van der Waals surface area contributed by atoms with Crippen molar-refractivity contribution < 1.29 is 0 Å². The van der Waals surface area contributed by atoms with Gasteiger partial charge in [0.1, 0.15) is 0 Å². The molecule has 2 bridgehead atoms. The summed E-state index contributed by atoms with van der Waals surface area (Å²) in [5.74, 6) is 5.22. The van der Waals surface area contributed by atoms with Gasteiger partial charge in [0.15, 0.2) is 0 Å². The van der Waals surface area contributed by atoms with Crippen molar-refractivity contribution in [3.8, 4) is 0 Å². The molecule has 3 fully saturated rings. The fraction of sp³-hybridized carbons (Fsp3) is 0.812. The monoisotopic (exact) mass is 259 g/mol. The van der Waals surface area contributed by atoms with Crippen molar-refractivity contribution in [3.05, 3.63) is 18.0 Å². The molecule has 19 heavy (non-hydrogen) atoms. The summed E-state index contributed by atoms with van der Waals surface area (Å²) in [6.45, 7) is 3.32. The SMILES string of the molecule is CCNC(Cc1ccn(C)n1)C1C2C3CCC(C3)C21. The molecule has 3 nitrogen and oxygen atoms in total. The van der Waals surface area contributed by atoms with Gasteiger partial charge in [-0.2, -0.15) is 5.10 Å². The molecular formula is C16H25N3. The van der Waals surface area contributed by atoms with E-state index in [2.05, 4.69) is 29.6 Å². The van der Waals surface area contributed by atoms with Crippen LogP contribution in [0.1, 0.15) is 31.9 Å². The van der Waals surface area contributed by atoms with E-state index in [-0.39, 0.29) is 0 Å². The molecule has 1 aromatic rings. The molecule has 0 spiro atoms. The molecule has 1 aromatic heterocycles. The van der Waals surface area contributed by atoms with Crippen LogP contribution in [0.4, 0.5) is 0 Å². The van der Waals surface area contributed by atoms with Gasteiger partial charge >= 0.3 is 0 Å². The number of hydrogen-bond acceptors (Lipinski definition) is 2. The zero-order valence-corrected chi connectivity index (χ0v) is 12.0. The van der Waals surface area contributed by atoms with Gasteiger partial charge in [-0.05, 0) is 61.5 Å². The van der Waals surface area contributed by atoms with Gasteiger partial charge in [-0.3, -0.25) is 4.68 Å². The number of aryl methyl sites for hydroxylation is 1. The second-order valence-electron chi connectivity index (χ2n) is 6.91. The van der Waals surface area contributed by atoms with Crippen molar-refractivity contribution in [2.75, 3.05) is 6.54 Å². The number of likely N-dealkylation sites (N-methyl/N-ethyl adjacent to an activating group) is 1. The Morgan fingerprint density at radius 2 is 2.11 bits per heavy atom. The van der Waals surface area contributed by atoms with Crippen LogP contribution in [0.5, 0.6) is 0 Å². The zero-order valence-electron chi connectivity index (χ0n) is 12.0. The molecule has 0 aliphatic heterocycles. The Kier molecular flexibility index (Phi) is 2.73. The van der Waals surface area contributed by atoms with Crippen LogP contribution in [-0.4, -0.2) is 22.4 Å². The molecule has 0 radical (unpaired) electrons. The van der Waals surface area contributed by atoms with E-state index in [0.29, 0.717) is 6.04 Å². The van der Waals surface area contributed by atoms with Crippen LogP contribution < -0.4 is 5.32 Å². The third kappa shape index (κ3) is 1.85. The number of fused-ring (bicyclic) bond motifs is 5. The predicted octanol–water partition coefficient (Wildman–Crippen LogP) is 2.23. The molecule has 3 aliphatic carbocycles. The maximum Gasteiger partial charge on any atom is 0.0640 e. The first-order chi connectivity index (χ1) is 9.28. The molecule has 3 heteroatoms. The van der Waals surface area contributed by atoms with Gasteiger partial charge in [-0.1, -0.05) is 6.92 Å². The van der Waals surface area contributed by atoms with Gasteiger partial charge in [0, 0.05) is 25.7 Å². The van der Waals surface area contributed by atoms with Crippen molar-refractivity contribution in [2.24, 2.45) is 36.6 Å². The highest BCUT2D eigenvalue weighted by atomic mass is 15.2. The Morgan fingerprint density at radius 1 is 1.37 bits per heavy atom. The minimum absolute atomic E-state index is 0.665. The third-order valence-corrected chi connectivity index (χ3v) is 5.92. The van der Waals surface area contributed by atoms with Crippen LogP contribution in [-0.2, 0) is 13.5 Å². The molecule has 0 saturated heterocycles. The van der Waals surface area contributed by atoms with Crippen molar-refractivity contribution in [1.29, 1.82) is 0 Å². The summed E-state index contributed by atoms with van der Waals surface area (Å²) in [4.78, 5) is 0. The smallest absolute Gasteiger partial charge is 0.0640 e. The van der Waals surface area contributed by atoms with Gasteiger partial charge < -0.3 is 5.32 Å². The lowest BCUT2D eigenvalue weighted by Crippen LogP contribution is -2.35. The molecule has 5 atom stereocenters. The van der Waals surface area contributed by atoms with E-state index >= 15 is 0 Å². The van der Waals surface area contributed by atoms with E-state index in [4.69, 9.17) is 0 Å². The summed E-state index contributed by atoms with van der Waals surface area (Å²) in [6, 6.07) is 2.84. The molecule has 4 rings (SSSR count). The second-order valence-corrected chi connectivity index (χ2v) is 6.91. The Hall–Kier alpha value is -0.830. The largest absolute Gasteiger partial charge is 0.314 e. The lowest BCUT2D eigenvalue weighted by molar-refractivity contribution is 0.363. The summed E-state index contributed by atoms with van der Waals surface area (Å²) in [6.07, 6.45) is 7.77. The van der Waals surface area contributed by atoms with Crippen molar-refractivity contribution in [1.82, 2.24) is 15.1 Å². The van der Waals surface area contributed by atoms with Gasteiger partial charge in [0.25, 0.3) is 0 Å². The number of rotatable bonds is 5. The Labute approximate surface area is 115 Å². The van der Waals surface area contributed by atoms with Gasteiger partial charge in [0.05, 0.1) is 5.69 Å². The zero-order chi connectivity index (χ0) is 13.0. The average Bonchev–Trinajstić information content (AvgIpc) is 2.74. The predicted molar refractivity (Wildman–Crippen MR) is 75.7 cm³/mol. The van der Waals surface area contributed by atoms with Gasteiger partial charge in [-0.15, -0.1) is 0 Å². The molecule has 3 aliphatic rings. The Bertz CT molecular complexity index is 450. The molecule has 104 valence electrons. The number of aromatic nitrogens is 2. The normalized spacial score (nSPS) is 40.4. The van der Waals surface area contributed by atoms with Crippen LogP contribution in [0.2, 0.25) is 0 Å². The summed E-state index contributed by atoms with van der Waals surface area (Å²) in [5, 5.41) is 8.32. The van der Waals surface area contributed by atoms with Gasteiger partial charge in [0.2, 0.25) is 0 Å². The summed E-state index contributed by atoms with van der Waals surface area (Å²) in [7, 11) is 2.01. The van der Waals surface area contributed by atoms with Crippen LogP contribution in [0.15, 0.2) is 12.3 Å². The highest BCUT2D eigenvalue weighted by molar-refractivity contribution is 5.17. The first-order valence-electron chi connectivity index (χ1n) is 8.00. The summed E-state index contributed by atoms with van der Waals surface area (Å²) >= 11 is 0. The van der Waals surface area contributed by atoms with Crippen molar-refractivity contribution in [3.63, 3.8) is 0 Å². The number of nitrogens with zero attached hydrogens (tertiary/aromatic N) is 2. The number of hydrogen-bond donors (Lipinski definition) is 1. The van der Waals surface area contributed by atoms with E-state index in [1.807, 2.05) is 11.7 Å². The molecule has 0 amide bonds. The topological polar surface area (TPSA) is 29.9 Å². The lowest BCUT2D eigenvalue weighted by atomic mass is 9.95. The van der Waals surface area contributed by atoms with E-state index < -0.39 is 0 Å². The van der Waals surface area contributed by atoms with E-state index in [9.17, 15) is 0 Å². The summed E-state index contributed by atoms with van der Waals surface area (Å²) in [5.41, 5.74) is 1.26. The van der Waals surface area contributed by atoms with Crippen LogP contribution >= 0.6 is 0 Å². The maximum absolute atomic E-state index is 4.57. The number of nitrogens with one attached hydrogen (secondary N) is 1. The molecule has 1 N–H and O–H groups in total. The average molecular weight is 259 g/mol. The van der Waals surface area contributed by atoms with E-state index in [1.54, 1.807) is 6.42 Å². The fourth-order valence-electron chi connectivity index (χ4n) is 5.33. The van der Waals surface area contributed by atoms with Crippen molar-refractivity contribution in [2.45, 2.75) is 38.6 Å². The molecule has 5 unspecified atom stereocenters. The Balaban J connectivity index is 1.47. The minimum atomic E-state index is 0.665. The quantitative estimate of drug-likeness (QED) is 0.879. The van der Waals surface area contributed by atoms with Crippen LogP contribution in [0.3, 0.4) is 0 Å². The van der Waals surface area contributed by atoms with E-state index in [0.717, 1.165) is 42.6 Å². The third-order valence-electron chi connectivity index (χ3n) is 5.92. The van der Waals surface area contributed by atoms with Crippen LogP contribution in [0.25, 0.3) is 0 Å². The molecule has 3 saturated carbocycles. The highest BCUT2D eigenvalue weighted by Crippen LogP contribution is 2.70. The van der Waals surface area contributed by atoms with Gasteiger partial charge in [-0.25, -0.2) is 0 Å². The summed E-state index contributed by atoms with van der Waals surface area (Å²) < 4.78 is 1.93. The molecular weight excluding hydrogens is 234 g/mol. The minimum Gasteiger partial charge on any atom is -0.314 e. The van der Waals surface area contributed by atoms with Crippen molar-refractivity contribution >= 4 is 0 Å². The Morgan fingerprint density at radius 3 is 2.68 bits per heavy atom. The second kappa shape index (κ2) is 4.34. The first kappa shape index (κ1) is 12.0. The van der Waals surface area contributed by atoms with Crippen LogP contribution in [0, 0.1) is 29.6 Å².